The molecule has 11 heteroatoms. The Bertz CT molecular complexity index is 1350. The smallest absolute Gasteiger partial charge is 0.357 e. The Kier molecular flexibility index (Phi) is 7.15. The van der Waals surface area contributed by atoms with Crippen LogP contribution < -0.4 is 14.8 Å². The molecular formula is C23H23N4O5S2. The van der Waals surface area contributed by atoms with E-state index in [1.165, 1.54) is 6.07 Å². The predicted octanol–water partition coefficient (Wildman–Crippen LogP) is 4.45. The Balaban J connectivity index is 1.49. The van der Waals surface area contributed by atoms with Gasteiger partial charge in [0.05, 0.1) is 35.7 Å². The second kappa shape index (κ2) is 10.2. The first-order valence-electron chi connectivity index (χ1n) is 10.3. The molecule has 177 valence electrons. The lowest BCUT2D eigenvalue weighted by atomic mass is 10.0. The molecule has 0 bridgehead atoms. The van der Waals surface area contributed by atoms with Crippen LogP contribution in [0.4, 0.5) is 11.7 Å². The Labute approximate surface area is 201 Å². The normalized spacial score (nSPS) is 12.3. The number of methoxy groups -OCH3 is 1. The van der Waals surface area contributed by atoms with E-state index in [4.69, 9.17) is 13.7 Å². The number of anilines is 2. The van der Waals surface area contributed by atoms with Gasteiger partial charge in [-0.05, 0) is 54.8 Å². The number of nitrogens with one attached hydrogen (secondary N) is 2. The molecular weight excluding hydrogens is 476 g/mol. The third kappa shape index (κ3) is 6.56. The van der Waals surface area contributed by atoms with Crippen molar-refractivity contribution in [3.63, 3.8) is 0 Å². The number of aryl methyl sites for hydroxylation is 1. The first kappa shape index (κ1) is 23.7. The monoisotopic (exact) mass is 499 g/mol. The summed E-state index contributed by atoms with van der Waals surface area (Å²) in [5.74, 6) is 1.49. The van der Waals surface area contributed by atoms with Gasteiger partial charge in [0.2, 0.25) is 0 Å². The van der Waals surface area contributed by atoms with Gasteiger partial charge in [0.25, 0.3) is 6.01 Å². The zero-order valence-electron chi connectivity index (χ0n) is 18.5. The maximum absolute atomic E-state index is 11.0. The average Bonchev–Trinajstić information content (AvgIpc) is 3.42. The van der Waals surface area contributed by atoms with Crippen LogP contribution >= 0.6 is 11.3 Å². The number of nitrogens with zero attached hydrogens (tertiary/aromatic N) is 2. The molecule has 0 saturated heterocycles. The molecule has 0 aliphatic heterocycles. The molecule has 0 aliphatic carbocycles. The maximum Gasteiger partial charge on any atom is 0.357 e. The number of hydrogen-bond acceptors (Lipinski definition) is 8. The molecule has 2 heterocycles. The van der Waals surface area contributed by atoms with Gasteiger partial charge in [0.1, 0.15) is 11.5 Å². The van der Waals surface area contributed by atoms with Crippen molar-refractivity contribution in [1.82, 2.24) is 9.97 Å². The van der Waals surface area contributed by atoms with Crippen molar-refractivity contribution in [3.8, 4) is 5.75 Å². The Hall–Kier alpha value is -3.41. The minimum Gasteiger partial charge on any atom is -0.497 e. The molecule has 3 N–H and O–H groups in total. The van der Waals surface area contributed by atoms with E-state index in [0.29, 0.717) is 24.6 Å². The van der Waals surface area contributed by atoms with Crippen molar-refractivity contribution in [2.24, 2.45) is 0 Å². The van der Waals surface area contributed by atoms with Crippen molar-refractivity contribution in [3.05, 3.63) is 87.7 Å². The van der Waals surface area contributed by atoms with E-state index in [1.807, 2.05) is 41.3 Å². The highest BCUT2D eigenvalue weighted by Gasteiger charge is 2.18. The molecule has 0 spiro atoms. The topological polar surface area (TPSA) is 127 Å². The predicted molar refractivity (Wildman–Crippen MR) is 130 cm³/mol. The molecule has 2 aromatic heterocycles. The van der Waals surface area contributed by atoms with Crippen LogP contribution in [0.1, 0.15) is 33.6 Å². The SMILES string of the molecule is COc1cccc(Cc2cnc(NC(Cc3[c]cc(NS(=O)(=O)O)cc3)c3csc(C)n3)o2)c1. The lowest BCUT2D eigenvalue weighted by Crippen LogP contribution is -2.15. The van der Waals surface area contributed by atoms with Crippen molar-refractivity contribution >= 4 is 33.3 Å². The summed E-state index contributed by atoms with van der Waals surface area (Å²) in [5.41, 5.74) is 2.91. The first-order valence-corrected chi connectivity index (χ1v) is 12.6. The van der Waals surface area contributed by atoms with Crippen LogP contribution in [0.2, 0.25) is 0 Å². The fourth-order valence-corrected chi connectivity index (χ4v) is 4.47. The molecule has 1 unspecified atom stereocenters. The third-order valence-corrected chi connectivity index (χ3v) is 6.19. The molecule has 1 atom stereocenters. The van der Waals surface area contributed by atoms with Gasteiger partial charge in [0, 0.05) is 11.8 Å². The molecule has 2 aromatic carbocycles. The van der Waals surface area contributed by atoms with Gasteiger partial charge in [-0.2, -0.15) is 8.42 Å². The molecule has 1 radical (unpaired) electrons. The molecule has 0 amide bonds. The Morgan fingerprint density at radius 1 is 1.29 bits per heavy atom. The zero-order valence-corrected chi connectivity index (χ0v) is 20.1. The first-order chi connectivity index (χ1) is 16.3. The molecule has 34 heavy (non-hydrogen) atoms. The van der Waals surface area contributed by atoms with Crippen molar-refractivity contribution in [1.29, 1.82) is 0 Å². The summed E-state index contributed by atoms with van der Waals surface area (Å²) < 4.78 is 44.1. The quantitative estimate of drug-likeness (QED) is 0.273. The van der Waals surface area contributed by atoms with Crippen LogP contribution in [0.25, 0.3) is 0 Å². The number of rotatable bonds is 10. The van der Waals surface area contributed by atoms with Crippen LogP contribution in [0, 0.1) is 13.0 Å². The highest BCUT2D eigenvalue weighted by Crippen LogP contribution is 2.26. The van der Waals surface area contributed by atoms with E-state index in [-0.39, 0.29) is 11.7 Å². The van der Waals surface area contributed by atoms with Crippen LogP contribution in [0.15, 0.2) is 58.5 Å². The van der Waals surface area contributed by atoms with Crippen LogP contribution in [-0.2, 0) is 23.1 Å². The van der Waals surface area contributed by atoms with E-state index in [9.17, 15) is 8.42 Å². The summed E-state index contributed by atoms with van der Waals surface area (Å²) >= 11 is 1.54. The van der Waals surface area contributed by atoms with Crippen LogP contribution in [-0.4, -0.2) is 30.0 Å². The Morgan fingerprint density at radius 3 is 2.82 bits per heavy atom. The number of thiazole rings is 1. The molecule has 9 nitrogen and oxygen atoms in total. The Morgan fingerprint density at radius 2 is 2.15 bits per heavy atom. The average molecular weight is 500 g/mol. The minimum atomic E-state index is -4.34. The number of ether oxygens (including phenoxy) is 1. The van der Waals surface area contributed by atoms with E-state index >= 15 is 0 Å². The second-order valence-electron chi connectivity index (χ2n) is 7.53. The molecule has 0 fully saturated rings. The van der Waals surface area contributed by atoms with Crippen molar-refractivity contribution in [2.45, 2.75) is 25.8 Å². The van der Waals surface area contributed by atoms with Crippen molar-refractivity contribution in [2.75, 3.05) is 17.1 Å². The van der Waals surface area contributed by atoms with E-state index in [0.717, 1.165) is 27.6 Å². The van der Waals surface area contributed by atoms with Gasteiger partial charge >= 0.3 is 10.3 Å². The van der Waals surface area contributed by atoms with Gasteiger partial charge in [0.15, 0.2) is 0 Å². The summed E-state index contributed by atoms with van der Waals surface area (Å²) in [5, 5.41) is 6.22. The van der Waals surface area contributed by atoms with E-state index < -0.39 is 10.3 Å². The second-order valence-corrected chi connectivity index (χ2v) is 9.75. The highest BCUT2D eigenvalue weighted by molar-refractivity contribution is 7.87. The third-order valence-electron chi connectivity index (χ3n) is 4.91. The van der Waals surface area contributed by atoms with E-state index in [2.05, 4.69) is 21.4 Å². The number of hydrogen-bond donors (Lipinski definition) is 3. The summed E-state index contributed by atoms with van der Waals surface area (Å²) in [6.07, 6.45) is 2.76. The highest BCUT2D eigenvalue weighted by atomic mass is 32.2. The van der Waals surface area contributed by atoms with Crippen molar-refractivity contribution < 1.29 is 22.1 Å². The van der Waals surface area contributed by atoms with E-state index in [1.54, 1.807) is 36.8 Å². The minimum absolute atomic E-state index is 0.218. The summed E-state index contributed by atoms with van der Waals surface area (Å²) in [6.45, 7) is 1.94. The largest absolute Gasteiger partial charge is 0.497 e. The lowest BCUT2D eigenvalue weighted by Gasteiger charge is -2.16. The fraction of sp³-hybridized carbons (Fsp3) is 0.217. The van der Waals surface area contributed by atoms with Gasteiger partial charge in [-0.3, -0.25) is 9.27 Å². The lowest BCUT2D eigenvalue weighted by molar-refractivity contribution is 0.414. The van der Waals surface area contributed by atoms with Gasteiger partial charge in [-0.25, -0.2) is 9.97 Å². The molecule has 0 saturated carbocycles. The number of aromatic nitrogens is 2. The maximum atomic E-state index is 11.0. The zero-order chi connectivity index (χ0) is 24.1. The molecule has 4 rings (SSSR count). The summed E-state index contributed by atoms with van der Waals surface area (Å²) in [6, 6.07) is 15.7. The summed E-state index contributed by atoms with van der Waals surface area (Å²) in [4.78, 5) is 8.97. The molecule has 4 aromatic rings. The molecule has 0 aliphatic rings. The standard InChI is InChI=1S/C23H23N4O5S2/c1-15-25-22(14-33-15)21(12-16-6-8-18(9-7-16)27-34(28,29)30)26-23-24-13-20(32-23)11-17-4-3-5-19(10-17)31-2/h3-6,8-10,13-14,21,27H,11-12H2,1-2H3,(H,24,26)(H,28,29,30). The number of oxazole rings is 1. The van der Waals surface area contributed by atoms with Crippen LogP contribution in [0.5, 0.6) is 5.75 Å². The van der Waals surface area contributed by atoms with Crippen LogP contribution in [0.3, 0.4) is 0 Å². The fourth-order valence-electron chi connectivity index (χ4n) is 3.37. The summed E-state index contributed by atoms with van der Waals surface area (Å²) in [7, 11) is -2.71. The van der Waals surface area contributed by atoms with Gasteiger partial charge < -0.3 is 14.5 Å². The number of benzene rings is 2. The van der Waals surface area contributed by atoms with Gasteiger partial charge in [-0.15, -0.1) is 11.3 Å². The van der Waals surface area contributed by atoms with Gasteiger partial charge in [-0.1, -0.05) is 18.2 Å².